The Bertz CT molecular complexity index is 1190. The van der Waals surface area contributed by atoms with E-state index in [0.717, 1.165) is 11.1 Å². The SMILES string of the molecule is COC(=O)CCC(=O)Nc1ccc(NC(=O)Cc2ccc(C)cc2)c(C(=O)c2ccccc2)c1. The van der Waals surface area contributed by atoms with E-state index in [1.807, 2.05) is 31.2 Å². The molecule has 0 bridgehead atoms. The molecule has 0 aliphatic rings. The lowest BCUT2D eigenvalue weighted by Crippen LogP contribution is -2.18. The zero-order valence-corrected chi connectivity index (χ0v) is 19.1. The minimum absolute atomic E-state index is 0.0503. The third-order valence-electron chi connectivity index (χ3n) is 5.13. The van der Waals surface area contributed by atoms with Gasteiger partial charge in [0, 0.05) is 23.2 Å². The summed E-state index contributed by atoms with van der Waals surface area (Å²) < 4.78 is 4.55. The predicted octanol–water partition coefficient (Wildman–Crippen LogP) is 4.30. The van der Waals surface area contributed by atoms with Gasteiger partial charge in [-0.15, -0.1) is 0 Å². The summed E-state index contributed by atoms with van der Waals surface area (Å²) in [6, 6.07) is 21.0. The smallest absolute Gasteiger partial charge is 0.306 e. The molecule has 0 saturated heterocycles. The van der Waals surface area contributed by atoms with Crippen molar-refractivity contribution >= 4 is 34.9 Å². The molecule has 2 amide bonds. The lowest BCUT2D eigenvalue weighted by Gasteiger charge is -2.14. The van der Waals surface area contributed by atoms with Crippen LogP contribution in [0.1, 0.15) is 39.9 Å². The predicted molar refractivity (Wildman–Crippen MR) is 130 cm³/mol. The van der Waals surface area contributed by atoms with E-state index in [1.165, 1.54) is 13.2 Å². The van der Waals surface area contributed by atoms with Crippen molar-refractivity contribution in [3.8, 4) is 0 Å². The molecule has 0 unspecified atom stereocenters. The summed E-state index contributed by atoms with van der Waals surface area (Å²) in [4.78, 5) is 49.4. The van der Waals surface area contributed by atoms with Crippen molar-refractivity contribution in [2.75, 3.05) is 17.7 Å². The van der Waals surface area contributed by atoms with Crippen LogP contribution in [-0.4, -0.2) is 30.7 Å². The van der Waals surface area contributed by atoms with Gasteiger partial charge in [-0.25, -0.2) is 0 Å². The van der Waals surface area contributed by atoms with E-state index in [1.54, 1.807) is 42.5 Å². The fraction of sp³-hybridized carbons (Fsp3) is 0.185. The van der Waals surface area contributed by atoms with Crippen molar-refractivity contribution in [3.63, 3.8) is 0 Å². The molecule has 0 radical (unpaired) electrons. The largest absolute Gasteiger partial charge is 0.469 e. The van der Waals surface area contributed by atoms with Crippen LogP contribution in [0.5, 0.6) is 0 Å². The van der Waals surface area contributed by atoms with Gasteiger partial charge in [-0.1, -0.05) is 60.2 Å². The van der Waals surface area contributed by atoms with Crippen molar-refractivity contribution in [3.05, 3.63) is 95.1 Å². The van der Waals surface area contributed by atoms with E-state index in [-0.39, 0.29) is 42.4 Å². The number of hydrogen-bond donors (Lipinski definition) is 2. The number of ketones is 1. The number of carbonyl (C=O) groups excluding carboxylic acids is 4. The summed E-state index contributed by atoms with van der Waals surface area (Å²) in [7, 11) is 1.26. The molecule has 34 heavy (non-hydrogen) atoms. The number of methoxy groups -OCH3 is 1. The first-order valence-corrected chi connectivity index (χ1v) is 10.8. The van der Waals surface area contributed by atoms with Crippen LogP contribution in [-0.2, 0) is 25.5 Å². The third kappa shape index (κ3) is 6.87. The number of ether oxygens (including phenoxy) is 1. The van der Waals surface area contributed by atoms with Gasteiger partial charge < -0.3 is 15.4 Å². The Morgan fingerprint density at radius 1 is 0.794 bits per heavy atom. The summed E-state index contributed by atoms with van der Waals surface area (Å²) >= 11 is 0. The minimum Gasteiger partial charge on any atom is -0.469 e. The molecule has 0 spiro atoms. The van der Waals surface area contributed by atoms with Crippen LogP contribution in [0.15, 0.2) is 72.8 Å². The third-order valence-corrected chi connectivity index (χ3v) is 5.13. The van der Waals surface area contributed by atoms with Crippen molar-refractivity contribution < 1.29 is 23.9 Å². The fourth-order valence-corrected chi connectivity index (χ4v) is 3.29. The van der Waals surface area contributed by atoms with E-state index in [4.69, 9.17) is 0 Å². The Hall–Kier alpha value is -4.26. The van der Waals surface area contributed by atoms with Crippen LogP contribution >= 0.6 is 0 Å². The minimum atomic E-state index is -0.485. The van der Waals surface area contributed by atoms with Crippen LogP contribution in [0.2, 0.25) is 0 Å². The number of esters is 1. The standard InChI is InChI=1S/C27H26N2O5/c1-18-8-10-19(11-9-18)16-25(31)29-23-13-12-21(28-24(30)14-15-26(32)34-2)17-22(23)27(33)20-6-4-3-5-7-20/h3-13,17H,14-16H2,1-2H3,(H,28,30)(H,29,31). The molecule has 174 valence electrons. The molecule has 0 aliphatic carbocycles. The second kappa shape index (κ2) is 11.6. The Morgan fingerprint density at radius 2 is 1.50 bits per heavy atom. The Morgan fingerprint density at radius 3 is 2.18 bits per heavy atom. The van der Waals surface area contributed by atoms with Crippen LogP contribution in [0.4, 0.5) is 11.4 Å². The zero-order chi connectivity index (χ0) is 24.5. The van der Waals surface area contributed by atoms with Crippen molar-refractivity contribution in [2.45, 2.75) is 26.2 Å². The molecule has 7 heteroatoms. The molecular formula is C27H26N2O5. The van der Waals surface area contributed by atoms with E-state index >= 15 is 0 Å². The summed E-state index contributed by atoms with van der Waals surface area (Å²) in [5, 5.41) is 5.50. The molecule has 3 aromatic carbocycles. The van der Waals surface area contributed by atoms with Gasteiger partial charge in [0.05, 0.1) is 25.6 Å². The first kappa shape index (κ1) is 24.4. The zero-order valence-electron chi connectivity index (χ0n) is 19.1. The van der Waals surface area contributed by atoms with Gasteiger partial charge in [0.2, 0.25) is 11.8 Å². The Balaban J connectivity index is 1.82. The number of carbonyl (C=O) groups is 4. The highest BCUT2D eigenvalue weighted by Crippen LogP contribution is 2.24. The van der Waals surface area contributed by atoms with Crippen LogP contribution in [0.25, 0.3) is 0 Å². The molecule has 0 fully saturated rings. The van der Waals surface area contributed by atoms with E-state index in [9.17, 15) is 19.2 Å². The fourth-order valence-electron chi connectivity index (χ4n) is 3.29. The number of rotatable bonds is 9. The first-order chi connectivity index (χ1) is 16.4. The van der Waals surface area contributed by atoms with Gasteiger partial charge in [-0.3, -0.25) is 19.2 Å². The highest BCUT2D eigenvalue weighted by atomic mass is 16.5. The summed E-state index contributed by atoms with van der Waals surface area (Å²) in [6.07, 6.45) is 0.0558. The van der Waals surface area contributed by atoms with Gasteiger partial charge >= 0.3 is 5.97 Å². The maximum atomic E-state index is 13.2. The van der Waals surface area contributed by atoms with Crippen molar-refractivity contribution in [1.82, 2.24) is 0 Å². The van der Waals surface area contributed by atoms with Gasteiger partial charge in [0.25, 0.3) is 0 Å². The monoisotopic (exact) mass is 458 g/mol. The van der Waals surface area contributed by atoms with Crippen molar-refractivity contribution in [2.24, 2.45) is 0 Å². The lowest BCUT2D eigenvalue weighted by atomic mass is 10.0. The summed E-state index contributed by atoms with van der Waals surface area (Å²) in [6.45, 7) is 1.97. The highest BCUT2D eigenvalue weighted by Gasteiger charge is 2.17. The van der Waals surface area contributed by atoms with Gasteiger partial charge in [0.1, 0.15) is 0 Å². The Kier molecular flexibility index (Phi) is 8.29. The Labute approximate surface area is 198 Å². The number of anilines is 2. The molecule has 0 aliphatic heterocycles. The number of aryl methyl sites for hydroxylation is 1. The number of benzene rings is 3. The normalized spacial score (nSPS) is 10.3. The van der Waals surface area contributed by atoms with Crippen LogP contribution < -0.4 is 10.6 Å². The van der Waals surface area contributed by atoms with Crippen molar-refractivity contribution in [1.29, 1.82) is 0 Å². The molecule has 7 nitrogen and oxygen atoms in total. The summed E-state index contributed by atoms with van der Waals surface area (Å²) in [5.41, 5.74) is 3.38. The molecule has 0 atom stereocenters. The summed E-state index contributed by atoms with van der Waals surface area (Å²) in [5.74, 6) is -1.43. The highest BCUT2D eigenvalue weighted by molar-refractivity contribution is 6.14. The number of hydrogen-bond acceptors (Lipinski definition) is 5. The molecule has 0 heterocycles. The van der Waals surface area contributed by atoms with Gasteiger partial charge in [-0.2, -0.15) is 0 Å². The maximum absolute atomic E-state index is 13.2. The molecule has 2 N–H and O–H groups in total. The molecule has 0 aromatic heterocycles. The lowest BCUT2D eigenvalue weighted by molar-refractivity contribution is -0.141. The number of amides is 2. The van der Waals surface area contributed by atoms with Gasteiger partial charge in [-0.05, 0) is 30.7 Å². The van der Waals surface area contributed by atoms with Crippen LogP contribution in [0, 0.1) is 6.92 Å². The first-order valence-electron chi connectivity index (χ1n) is 10.8. The second-order valence-corrected chi connectivity index (χ2v) is 7.79. The quantitative estimate of drug-likeness (QED) is 0.368. The van der Waals surface area contributed by atoms with Crippen LogP contribution in [0.3, 0.4) is 0 Å². The molecular weight excluding hydrogens is 432 g/mol. The topological polar surface area (TPSA) is 102 Å². The molecule has 3 rings (SSSR count). The molecule has 3 aromatic rings. The van der Waals surface area contributed by atoms with E-state index < -0.39 is 5.97 Å². The average Bonchev–Trinajstić information content (AvgIpc) is 2.85. The average molecular weight is 459 g/mol. The maximum Gasteiger partial charge on any atom is 0.306 e. The van der Waals surface area contributed by atoms with E-state index in [0.29, 0.717) is 16.9 Å². The van der Waals surface area contributed by atoms with Gasteiger partial charge in [0.15, 0.2) is 5.78 Å². The molecule has 0 saturated carbocycles. The second-order valence-electron chi connectivity index (χ2n) is 7.79. The number of nitrogens with one attached hydrogen (secondary N) is 2. The van der Waals surface area contributed by atoms with E-state index in [2.05, 4.69) is 15.4 Å².